The number of Topliss-reactive ketones (excluding diaryl/α,β-unsaturated/α-hetero) is 1. The van der Waals surface area contributed by atoms with Crippen LogP contribution in [0, 0.1) is 0 Å². The number of aromatic nitrogens is 3. The van der Waals surface area contributed by atoms with Gasteiger partial charge in [0.05, 0.1) is 0 Å². The number of carbonyl (C=O) groups is 1. The molecule has 0 bridgehead atoms. The van der Waals surface area contributed by atoms with E-state index in [1.807, 2.05) is 29.8 Å². The van der Waals surface area contributed by atoms with Crippen molar-refractivity contribution < 1.29 is 4.79 Å². The summed E-state index contributed by atoms with van der Waals surface area (Å²) in [5.41, 5.74) is 3.23. The fourth-order valence-electron chi connectivity index (χ4n) is 2.44. The summed E-state index contributed by atoms with van der Waals surface area (Å²) in [6.45, 7) is 3.68. The van der Waals surface area contributed by atoms with Gasteiger partial charge in [0.15, 0.2) is 11.4 Å². The van der Waals surface area contributed by atoms with E-state index in [0.717, 1.165) is 28.3 Å². The second kappa shape index (κ2) is 5.93. The summed E-state index contributed by atoms with van der Waals surface area (Å²) in [5.74, 6) is 1.89. The first-order chi connectivity index (χ1) is 10.6. The van der Waals surface area contributed by atoms with Gasteiger partial charge in [0, 0.05) is 29.3 Å². The lowest BCUT2D eigenvalue weighted by molar-refractivity contribution is 0.101. The number of nitrogens with zero attached hydrogens (tertiary/aromatic N) is 3. The summed E-state index contributed by atoms with van der Waals surface area (Å²) in [4.78, 5) is 21.8. The smallest absolute Gasteiger partial charge is 0.161 e. The second-order valence-electron chi connectivity index (χ2n) is 5.05. The molecule has 0 aliphatic carbocycles. The molecule has 5 heteroatoms. The third kappa shape index (κ3) is 2.52. The molecule has 2 heterocycles. The van der Waals surface area contributed by atoms with Gasteiger partial charge in [-0.3, -0.25) is 4.79 Å². The number of aryl methyl sites for hydroxylation is 1. The Bertz CT molecular complexity index is 854. The fourth-order valence-corrected chi connectivity index (χ4v) is 3.24. The Kier molecular flexibility index (Phi) is 3.98. The molecular weight excluding hydrogens is 294 g/mol. The third-order valence-electron chi connectivity index (χ3n) is 3.54. The predicted molar refractivity (Wildman–Crippen MR) is 90.3 cm³/mol. The average Bonchev–Trinajstić information content (AvgIpc) is 2.84. The highest BCUT2D eigenvalue weighted by atomic mass is 32.2. The lowest BCUT2D eigenvalue weighted by Crippen LogP contribution is -1.96. The number of rotatable bonds is 4. The van der Waals surface area contributed by atoms with Crippen LogP contribution in [-0.4, -0.2) is 26.1 Å². The lowest BCUT2D eigenvalue weighted by Gasteiger charge is -2.07. The molecule has 0 N–H and O–H groups in total. The van der Waals surface area contributed by atoms with Crippen LogP contribution in [0.2, 0.25) is 0 Å². The molecule has 1 aromatic carbocycles. The van der Waals surface area contributed by atoms with Gasteiger partial charge in [-0.05, 0) is 24.8 Å². The monoisotopic (exact) mass is 311 g/mol. The highest BCUT2D eigenvalue weighted by Crippen LogP contribution is 2.32. The van der Waals surface area contributed by atoms with Crippen molar-refractivity contribution in [3.8, 4) is 11.4 Å². The molecule has 112 valence electrons. The van der Waals surface area contributed by atoms with Gasteiger partial charge in [-0.25, -0.2) is 9.97 Å². The molecule has 3 rings (SSSR count). The van der Waals surface area contributed by atoms with E-state index in [4.69, 9.17) is 4.98 Å². The van der Waals surface area contributed by atoms with Gasteiger partial charge in [-0.15, -0.1) is 11.8 Å². The Morgan fingerprint density at radius 3 is 2.82 bits per heavy atom. The van der Waals surface area contributed by atoms with Gasteiger partial charge in [0.25, 0.3) is 0 Å². The van der Waals surface area contributed by atoms with Crippen LogP contribution in [0.3, 0.4) is 0 Å². The first-order valence-electron chi connectivity index (χ1n) is 7.17. The molecule has 22 heavy (non-hydrogen) atoms. The Hall–Kier alpha value is -2.14. The minimum Gasteiger partial charge on any atom is -0.312 e. The van der Waals surface area contributed by atoms with Gasteiger partial charge in [-0.1, -0.05) is 25.1 Å². The van der Waals surface area contributed by atoms with Gasteiger partial charge in [0.1, 0.15) is 11.3 Å². The molecule has 0 aliphatic rings. The summed E-state index contributed by atoms with van der Waals surface area (Å²) in [7, 11) is 1.96. The summed E-state index contributed by atoms with van der Waals surface area (Å²) < 4.78 is 1.98. The molecule has 0 unspecified atom stereocenters. The summed E-state index contributed by atoms with van der Waals surface area (Å²) in [5, 5.41) is 0. The van der Waals surface area contributed by atoms with E-state index in [1.54, 1.807) is 24.9 Å². The molecule has 0 spiro atoms. The van der Waals surface area contributed by atoms with E-state index >= 15 is 0 Å². The average molecular weight is 311 g/mol. The van der Waals surface area contributed by atoms with Crippen LogP contribution < -0.4 is 0 Å². The molecule has 3 aromatic rings. The number of benzene rings is 1. The molecule has 4 nitrogen and oxygen atoms in total. The van der Waals surface area contributed by atoms with Crippen molar-refractivity contribution in [1.29, 1.82) is 0 Å². The number of pyridine rings is 1. The number of imidazole rings is 1. The van der Waals surface area contributed by atoms with E-state index in [2.05, 4.69) is 24.0 Å². The topological polar surface area (TPSA) is 47.8 Å². The number of ketones is 1. The molecular formula is C17H17N3OS. The van der Waals surface area contributed by atoms with Crippen molar-refractivity contribution in [2.75, 3.05) is 5.75 Å². The fraction of sp³-hybridized carbons (Fsp3) is 0.235. The third-order valence-corrected chi connectivity index (χ3v) is 4.50. The van der Waals surface area contributed by atoms with E-state index in [0.29, 0.717) is 5.56 Å². The number of carbonyl (C=O) groups excluding carboxylic acids is 1. The SMILES string of the molecule is CCSc1ccccc1-c1nc2cc(C(C)=O)cnc2n1C. The largest absolute Gasteiger partial charge is 0.312 e. The van der Waals surface area contributed by atoms with Crippen LogP contribution in [0.25, 0.3) is 22.6 Å². The number of fused-ring (bicyclic) bond motifs is 1. The van der Waals surface area contributed by atoms with Crippen molar-refractivity contribution in [2.24, 2.45) is 7.05 Å². The van der Waals surface area contributed by atoms with Crippen LogP contribution in [0.1, 0.15) is 24.2 Å². The van der Waals surface area contributed by atoms with Crippen LogP contribution in [0.4, 0.5) is 0 Å². The van der Waals surface area contributed by atoms with Gasteiger partial charge in [-0.2, -0.15) is 0 Å². The van der Waals surface area contributed by atoms with Crippen molar-refractivity contribution in [3.05, 3.63) is 42.1 Å². The maximum atomic E-state index is 11.5. The van der Waals surface area contributed by atoms with Crippen LogP contribution >= 0.6 is 11.8 Å². The van der Waals surface area contributed by atoms with E-state index in [1.165, 1.54) is 4.90 Å². The number of hydrogen-bond acceptors (Lipinski definition) is 4. The van der Waals surface area contributed by atoms with Crippen LogP contribution in [-0.2, 0) is 7.05 Å². The first-order valence-corrected chi connectivity index (χ1v) is 8.16. The first kappa shape index (κ1) is 14.8. The molecule has 0 aliphatic heterocycles. The maximum Gasteiger partial charge on any atom is 0.161 e. The quantitative estimate of drug-likeness (QED) is 0.541. The van der Waals surface area contributed by atoms with Crippen molar-refractivity contribution in [3.63, 3.8) is 0 Å². The van der Waals surface area contributed by atoms with Gasteiger partial charge < -0.3 is 4.57 Å². The minimum absolute atomic E-state index is 0.00328. The Morgan fingerprint density at radius 1 is 1.32 bits per heavy atom. The zero-order valence-electron chi connectivity index (χ0n) is 12.8. The Morgan fingerprint density at radius 2 is 2.09 bits per heavy atom. The number of thioether (sulfide) groups is 1. The molecule has 0 saturated heterocycles. The summed E-state index contributed by atoms with van der Waals surface area (Å²) >= 11 is 1.80. The molecule has 0 saturated carbocycles. The number of hydrogen-bond donors (Lipinski definition) is 0. The van der Waals surface area contributed by atoms with E-state index in [9.17, 15) is 4.79 Å². The molecule has 2 aromatic heterocycles. The second-order valence-corrected chi connectivity index (χ2v) is 6.35. The molecule has 0 radical (unpaired) electrons. The predicted octanol–water partition coefficient (Wildman–Crippen LogP) is 3.95. The molecule has 0 amide bonds. The summed E-state index contributed by atoms with van der Waals surface area (Å²) in [6, 6.07) is 10.0. The summed E-state index contributed by atoms with van der Waals surface area (Å²) in [6.07, 6.45) is 1.61. The lowest BCUT2D eigenvalue weighted by atomic mass is 10.2. The normalized spacial score (nSPS) is 11.0. The van der Waals surface area contributed by atoms with Gasteiger partial charge in [0.2, 0.25) is 0 Å². The minimum atomic E-state index is 0.00328. The van der Waals surface area contributed by atoms with E-state index < -0.39 is 0 Å². The zero-order chi connectivity index (χ0) is 15.7. The molecule has 0 fully saturated rings. The highest BCUT2D eigenvalue weighted by Gasteiger charge is 2.15. The highest BCUT2D eigenvalue weighted by molar-refractivity contribution is 7.99. The Balaban J connectivity index is 2.19. The standard InChI is InChI=1S/C17H17N3OS/c1-4-22-15-8-6-5-7-13(15)16-19-14-9-12(11(2)21)10-18-17(14)20(16)3/h5-10H,4H2,1-3H3. The molecule has 0 atom stereocenters. The van der Waals surface area contributed by atoms with Crippen molar-refractivity contribution in [1.82, 2.24) is 14.5 Å². The Labute approximate surface area is 133 Å². The van der Waals surface area contributed by atoms with E-state index in [-0.39, 0.29) is 5.78 Å². The maximum absolute atomic E-state index is 11.5. The zero-order valence-corrected chi connectivity index (χ0v) is 13.6. The van der Waals surface area contributed by atoms with Crippen molar-refractivity contribution >= 4 is 28.7 Å². The van der Waals surface area contributed by atoms with Gasteiger partial charge >= 0.3 is 0 Å². The van der Waals surface area contributed by atoms with Crippen molar-refractivity contribution in [2.45, 2.75) is 18.7 Å². The van der Waals surface area contributed by atoms with Crippen LogP contribution in [0.15, 0.2) is 41.4 Å². The van der Waals surface area contributed by atoms with Crippen LogP contribution in [0.5, 0.6) is 0 Å².